The molecule has 3 rings (SSSR count). The summed E-state index contributed by atoms with van der Waals surface area (Å²) in [5.41, 5.74) is 1.12. The number of fused-ring (bicyclic) bond motifs is 1. The van der Waals surface area contributed by atoms with Crippen LogP contribution < -0.4 is 19.1 Å². The van der Waals surface area contributed by atoms with Gasteiger partial charge in [-0.05, 0) is 37.5 Å². The number of ether oxygens (including phenoxy) is 2. The molecule has 0 radical (unpaired) electrons. The van der Waals surface area contributed by atoms with Crippen LogP contribution >= 0.6 is 0 Å². The zero-order valence-corrected chi connectivity index (χ0v) is 21.4. The van der Waals surface area contributed by atoms with E-state index in [1.807, 2.05) is 51.1 Å². The smallest absolute Gasteiger partial charge is 0.244 e. The van der Waals surface area contributed by atoms with Crippen LogP contribution in [0.1, 0.15) is 39.2 Å². The Morgan fingerprint density at radius 3 is 2.34 bits per heavy atom. The van der Waals surface area contributed by atoms with Crippen molar-refractivity contribution in [3.05, 3.63) is 54.1 Å². The highest BCUT2D eigenvalue weighted by Crippen LogP contribution is 2.36. The highest BCUT2D eigenvalue weighted by atomic mass is 32.2. The van der Waals surface area contributed by atoms with Crippen LogP contribution in [0.2, 0.25) is 0 Å². The highest BCUT2D eigenvalue weighted by Gasteiger charge is 2.32. The Morgan fingerprint density at radius 1 is 1.03 bits per heavy atom. The quantitative estimate of drug-likeness (QED) is 0.506. The minimum absolute atomic E-state index is 0.0465. The minimum Gasteiger partial charge on any atom is -0.454 e. The fraction of sp³-hybridized carbons (Fsp3) is 0.440. The number of nitrogens with one attached hydrogen (secondary N) is 1. The van der Waals surface area contributed by atoms with Crippen LogP contribution in [0.3, 0.4) is 0 Å². The molecule has 10 heteroatoms. The molecule has 1 aliphatic heterocycles. The Balaban J connectivity index is 1.93. The molecule has 9 nitrogen and oxygen atoms in total. The Kier molecular flexibility index (Phi) is 8.61. The maximum absolute atomic E-state index is 13.7. The fourth-order valence-electron chi connectivity index (χ4n) is 3.79. The van der Waals surface area contributed by atoms with Crippen molar-refractivity contribution in [3.63, 3.8) is 0 Å². The van der Waals surface area contributed by atoms with Crippen LogP contribution in [0, 0.1) is 0 Å². The Bertz CT molecular complexity index is 1140. The van der Waals surface area contributed by atoms with Crippen LogP contribution in [0.15, 0.2) is 48.5 Å². The third-order valence-corrected chi connectivity index (χ3v) is 7.05. The van der Waals surface area contributed by atoms with E-state index in [0.29, 0.717) is 17.9 Å². The van der Waals surface area contributed by atoms with Gasteiger partial charge in [-0.1, -0.05) is 44.2 Å². The van der Waals surface area contributed by atoms with Gasteiger partial charge in [0.25, 0.3) is 0 Å². The molecular weight excluding hydrogens is 470 g/mol. The second-order valence-electron chi connectivity index (χ2n) is 8.56. The van der Waals surface area contributed by atoms with E-state index in [4.69, 9.17) is 9.47 Å². The number of carbonyl (C=O) groups is 2. The Labute approximate surface area is 207 Å². The van der Waals surface area contributed by atoms with Gasteiger partial charge in [-0.3, -0.25) is 13.9 Å². The third kappa shape index (κ3) is 6.66. The SMILES string of the molecule is CC[C@H](C)NC(=O)[C@H](CC)N(Cc1ccccc1)C(=O)CN(c1ccc2c(c1)OCO2)S(C)(=O)=O. The van der Waals surface area contributed by atoms with E-state index in [1.54, 1.807) is 12.1 Å². The second kappa shape index (κ2) is 11.4. The summed E-state index contributed by atoms with van der Waals surface area (Å²) in [6.45, 7) is 5.46. The standard InChI is InChI=1S/C25H33N3O6S/c1-5-18(3)26-25(30)21(6-2)27(15-19-10-8-7-9-11-19)24(29)16-28(35(4,31)32)20-12-13-22-23(14-20)34-17-33-22/h7-14,18,21H,5-6,15-17H2,1-4H3,(H,26,30)/t18-,21-/m0/s1. The molecule has 2 atom stereocenters. The first kappa shape index (κ1) is 26.3. The molecule has 1 aliphatic rings. The molecule has 0 spiro atoms. The number of amides is 2. The number of hydrogen-bond donors (Lipinski definition) is 1. The molecule has 2 amide bonds. The lowest BCUT2D eigenvalue weighted by atomic mass is 10.1. The molecule has 2 aromatic rings. The van der Waals surface area contributed by atoms with Crippen molar-refractivity contribution in [2.75, 3.05) is 23.9 Å². The first-order valence-electron chi connectivity index (χ1n) is 11.6. The van der Waals surface area contributed by atoms with Gasteiger partial charge in [-0.2, -0.15) is 0 Å². The third-order valence-electron chi connectivity index (χ3n) is 5.91. The van der Waals surface area contributed by atoms with Gasteiger partial charge in [-0.25, -0.2) is 8.42 Å². The molecule has 0 aliphatic carbocycles. The van der Waals surface area contributed by atoms with Crippen molar-refractivity contribution in [2.45, 2.75) is 52.2 Å². The fourth-order valence-corrected chi connectivity index (χ4v) is 4.64. The predicted molar refractivity (Wildman–Crippen MR) is 134 cm³/mol. The largest absolute Gasteiger partial charge is 0.454 e. The summed E-state index contributed by atoms with van der Waals surface area (Å²) < 4.78 is 37.1. The summed E-state index contributed by atoms with van der Waals surface area (Å²) in [4.78, 5) is 28.2. The molecule has 0 bridgehead atoms. The monoisotopic (exact) mass is 503 g/mol. The molecule has 2 aromatic carbocycles. The van der Waals surface area contributed by atoms with Gasteiger partial charge in [0.1, 0.15) is 12.6 Å². The first-order valence-corrected chi connectivity index (χ1v) is 13.5. The molecule has 190 valence electrons. The summed E-state index contributed by atoms with van der Waals surface area (Å²) in [7, 11) is -3.82. The lowest BCUT2D eigenvalue weighted by molar-refractivity contribution is -0.140. The zero-order chi connectivity index (χ0) is 25.6. The van der Waals surface area contributed by atoms with Crippen molar-refractivity contribution in [1.29, 1.82) is 0 Å². The predicted octanol–water partition coefficient (Wildman–Crippen LogP) is 2.90. The number of carbonyl (C=O) groups excluding carboxylic acids is 2. The molecule has 0 fully saturated rings. The normalized spacial score (nSPS) is 14.2. The molecule has 0 unspecified atom stereocenters. The molecule has 1 heterocycles. The van der Waals surface area contributed by atoms with Gasteiger partial charge in [0.2, 0.25) is 28.6 Å². The van der Waals surface area contributed by atoms with E-state index in [-0.39, 0.29) is 31.0 Å². The van der Waals surface area contributed by atoms with Gasteiger partial charge in [-0.15, -0.1) is 0 Å². The van der Waals surface area contributed by atoms with Crippen molar-refractivity contribution >= 4 is 27.5 Å². The Morgan fingerprint density at radius 2 is 1.71 bits per heavy atom. The summed E-state index contributed by atoms with van der Waals surface area (Å²) >= 11 is 0. The van der Waals surface area contributed by atoms with Crippen LogP contribution in [0.4, 0.5) is 5.69 Å². The highest BCUT2D eigenvalue weighted by molar-refractivity contribution is 7.92. The number of rotatable bonds is 11. The van der Waals surface area contributed by atoms with Gasteiger partial charge >= 0.3 is 0 Å². The van der Waals surface area contributed by atoms with E-state index < -0.39 is 28.5 Å². The van der Waals surface area contributed by atoms with Gasteiger partial charge in [0.05, 0.1) is 11.9 Å². The molecule has 0 saturated heterocycles. The topological polar surface area (TPSA) is 105 Å². The number of benzene rings is 2. The number of hydrogen-bond acceptors (Lipinski definition) is 6. The summed E-state index contributed by atoms with van der Waals surface area (Å²) in [5.74, 6) is 0.166. The molecule has 35 heavy (non-hydrogen) atoms. The first-order chi connectivity index (χ1) is 16.6. The van der Waals surface area contributed by atoms with Crippen LogP contribution in [-0.4, -0.2) is 56.8 Å². The van der Waals surface area contributed by atoms with Gasteiger partial charge < -0.3 is 19.7 Å². The van der Waals surface area contributed by atoms with Crippen molar-refractivity contribution in [2.24, 2.45) is 0 Å². The number of sulfonamides is 1. The molecule has 0 saturated carbocycles. The average molecular weight is 504 g/mol. The van der Waals surface area contributed by atoms with E-state index in [9.17, 15) is 18.0 Å². The number of anilines is 1. The van der Waals surface area contributed by atoms with E-state index in [2.05, 4.69) is 5.32 Å². The summed E-state index contributed by atoms with van der Waals surface area (Å²) in [6, 6.07) is 13.2. The lowest BCUT2D eigenvalue weighted by Gasteiger charge is -2.33. The molecule has 0 aromatic heterocycles. The molecule has 1 N–H and O–H groups in total. The maximum atomic E-state index is 13.7. The van der Waals surface area contributed by atoms with E-state index >= 15 is 0 Å². The van der Waals surface area contributed by atoms with E-state index in [0.717, 1.165) is 22.5 Å². The van der Waals surface area contributed by atoms with Crippen molar-refractivity contribution in [3.8, 4) is 11.5 Å². The zero-order valence-electron chi connectivity index (χ0n) is 20.6. The average Bonchev–Trinajstić information content (AvgIpc) is 3.30. The van der Waals surface area contributed by atoms with Gasteiger partial charge in [0, 0.05) is 18.7 Å². The van der Waals surface area contributed by atoms with Gasteiger partial charge in [0.15, 0.2) is 11.5 Å². The molecular formula is C25H33N3O6S. The minimum atomic E-state index is -3.82. The summed E-state index contributed by atoms with van der Waals surface area (Å²) in [5, 5.41) is 2.95. The van der Waals surface area contributed by atoms with Crippen LogP contribution in [0.25, 0.3) is 0 Å². The maximum Gasteiger partial charge on any atom is 0.244 e. The number of nitrogens with zero attached hydrogens (tertiary/aromatic N) is 2. The summed E-state index contributed by atoms with van der Waals surface area (Å²) in [6.07, 6.45) is 2.17. The van der Waals surface area contributed by atoms with Crippen molar-refractivity contribution < 1.29 is 27.5 Å². The Hall–Kier alpha value is -3.27. The van der Waals surface area contributed by atoms with E-state index in [1.165, 1.54) is 11.0 Å². The second-order valence-corrected chi connectivity index (χ2v) is 10.5. The van der Waals surface area contributed by atoms with Crippen LogP contribution in [-0.2, 0) is 26.2 Å². The lowest BCUT2D eigenvalue weighted by Crippen LogP contribution is -2.53. The van der Waals surface area contributed by atoms with Crippen molar-refractivity contribution in [1.82, 2.24) is 10.2 Å². The van der Waals surface area contributed by atoms with Crippen LogP contribution in [0.5, 0.6) is 11.5 Å².